The third-order valence-corrected chi connectivity index (χ3v) is 2.49. The first kappa shape index (κ1) is 13.8. The van der Waals surface area contributed by atoms with E-state index in [0.29, 0.717) is 18.1 Å². The minimum atomic E-state index is -0.932. The molecule has 0 aromatic heterocycles. The van der Waals surface area contributed by atoms with Gasteiger partial charge in [-0.2, -0.15) is 4.39 Å². The van der Waals surface area contributed by atoms with Crippen LogP contribution in [0.4, 0.5) is 10.1 Å². The van der Waals surface area contributed by atoms with E-state index >= 15 is 0 Å². The molecule has 0 heterocycles. The highest BCUT2D eigenvalue weighted by Crippen LogP contribution is 2.33. The number of nitrogens with zero attached hydrogens (tertiary/aromatic N) is 1. The van der Waals surface area contributed by atoms with E-state index in [9.17, 15) is 14.5 Å². The highest BCUT2D eigenvalue weighted by Gasteiger charge is 2.21. The van der Waals surface area contributed by atoms with Gasteiger partial charge in [0.25, 0.3) is 0 Å². The molecule has 104 valence electrons. The Morgan fingerprint density at radius 1 is 1.15 bits per heavy atom. The van der Waals surface area contributed by atoms with Crippen LogP contribution in [0.5, 0.6) is 17.2 Å². The summed E-state index contributed by atoms with van der Waals surface area (Å²) in [6.45, 7) is 2.40. The molecule has 0 atom stereocenters. The molecule has 0 bridgehead atoms. The van der Waals surface area contributed by atoms with Crippen LogP contribution in [0.2, 0.25) is 0 Å². The molecule has 0 aliphatic heterocycles. The SMILES string of the molecule is CCOc1ccc(Oc2cccc(F)c2[N+](=O)[O-])cc1. The van der Waals surface area contributed by atoms with Crippen LogP contribution in [-0.2, 0) is 0 Å². The van der Waals surface area contributed by atoms with E-state index in [2.05, 4.69) is 0 Å². The lowest BCUT2D eigenvalue weighted by atomic mass is 10.2. The number of hydrogen-bond acceptors (Lipinski definition) is 4. The molecule has 6 heteroatoms. The highest BCUT2D eigenvalue weighted by atomic mass is 19.1. The molecule has 0 amide bonds. The zero-order valence-corrected chi connectivity index (χ0v) is 10.7. The standard InChI is InChI=1S/C14H12FNO4/c1-2-19-10-6-8-11(9-7-10)20-13-5-3-4-12(15)14(13)16(17)18/h3-9H,2H2,1H3. The number of hydrogen-bond donors (Lipinski definition) is 0. The van der Waals surface area contributed by atoms with Crippen LogP contribution in [0.3, 0.4) is 0 Å². The van der Waals surface area contributed by atoms with Gasteiger partial charge in [-0.3, -0.25) is 10.1 Å². The molecule has 2 aromatic rings. The van der Waals surface area contributed by atoms with Crippen molar-refractivity contribution in [2.75, 3.05) is 6.61 Å². The van der Waals surface area contributed by atoms with Gasteiger partial charge in [0.05, 0.1) is 11.5 Å². The van der Waals surface area contributed by atoms with Crippen molar-refractivity contribution in [3.63, 3.8) is 0 Å². The Bertz CT molecular complexity index is 613. The first-order valence-corrected chi connectivity index (χ1v) is 5.95. The third kappa shape index (κ3) is 3.03. The monoisotopic (exact) mass is 277 g/mol. The van der Waals surface area contributed by atoms with Gasteiger partial charge in [0.2, 0.25) is 11.6 Å². The van der Waals surface area contributed by atoms with Crippen molar-refractivity contribution in [3.8, 4) is 17.2 Å². The lowest BCUT2D eigenvalue weighted by Gasteiger charge is -2.08. The van der Waals surface area contributed by atoms with E-state index in [1.165, 1.54) is 12.1 Å². The number of nitro benzene ring substituents is 1. The highest BCUT2D eigenvalue weighted by molar-refractivity contribution is 5.49. The van der Waals surface area contributed by atoms with Gasteiger partial charge in [-0.25, -0.2) is 0 Å². The molecule has 0 fully saturated rings. The van der Waals surface area contributed by atoms with Crippen LogP contribution in [-0.4, -0.2) is 11.5 Å². The van der Waals surface area contributed by atoms with Crippen molar-refractivity contribution < 1.29 is 18.8 Å². The summed E-state index contributed by atoms with van der Waals surface area (Å²) in [5.74, 6) is -0.0478. The van der Waals surface area contributed by atoms with Gasteiger partial charge in [-0.05, 0) is 43.3 Å². The normalized spacial score (nSPS) is 10.1. The van der Waals surface area contributed by atoms with Crippen molar-refractivity contribution in [2.45, 2.75) is 6.92 Å². The summed E-state index contributed by atoms with van der Waals surface area (Å²) in [5.41, 5.74) is -0.679. The number of ether oxygens (including phenoxy) is 2. The molecule has 0 unspecified atom stereocenters. The zero-order chi connectivity index (χ0) is 14.5. The molecule has 0 aliphatic carbocycles. The fraction of sp³-hybridized carbons (Fsp3) is 0.143. The molecule has 5 nitrogen and oxygen atoms in total. The van der Waals surface area contributed by atoms with Crippen molar-refractivity contribution in [3.05, 3.63) is 58.4 Å². The molecule has 0 saturated heterocycles. The second kappa shape index (κ2) is 6.01. The quantitative estimate of drug-likeness (QED) is 0.613. The van der Waals surface area contributed by atoms with E-state index in [4.69, 9.17) is 9.47 Å². The van der Waals surface area contributed by atoms with Crippen LogP contribution < -0.4 is 9.47 Å². The topological polar surface area (TPSA) is 61.6 Å². The van der Waals surface area contributed by atoms with Crippen molar-refractivity contribution in [1.29, 1.82) is 0 Å². The molecular weight excluding hydrogens is 265 g/mol. The summed E-state index contributed by atoms with van der Waals surface area (Å²) in [5, 5.41) is 10.8. The van der Waals surface area contributed by atoms with Crippen molar-refractivity contribution in [2.24, 2.45) is 0 Å². The molecule has 2 aromatic carbocycles. The van der Waals surface area contributed by atoms with Crippen LogP contribution in [0, 0.1) is 15.9 Å². The molecule has 0 aliphatic rings. The summed E-state index contributed by atoms with van der Waals surface area (Å²) >= 11 is 0. The molecule has 20 heavy (non-hydrogen) atoms. The van der Waals surface area contributed by atoms with Crippen LogP contribution in [0.25, 0.3) is 0 Å². The maximum absolute atomic E-state index is 13.4. The third-order valence-electron chi connectivity index (χ3n) is 2.49. The molecule has 0 spiro atoms. The Morgan fingerprint density at radius 2 is 1.80 bits per heavy atom. The summed E-state index contributed by atoms with van der Waals surface area (Å²) in [7, 11) is 0. The fourth-order valence-corrected chi connectivity index (χ4v) is 1.65. The summed E-state index contributed by atoms with van der Waals surface area (Å²) in [4.78, 5) is 10.0. The van der Waals surface area contributed by atoms with Crippen molar-refractivity contribution in [1.82, 2.24) is 0 Å². The molecule has 0 saturated carbocycles. The van der Waals surface area contributed by atoms with E-state index < -0.39 is 16.4 Å². The van der Waals surface area contributed by atoms with E-state index in [0.717, 1.165) is 6.07 Å². The van der Waals surface area contributed by atoms with Gasteiger partial charge >= 0.3 is 5.69 Å². The van der Waals surface area contributed by atoms with Crippen LogP contribution in [0.15, 0.2) is 42.5 Å². The molecule has 0 radical (unpaired) electrons. The van der Waals surface area contributed by atoms with Gasteiger partial charge < -0.3 is 9.47 Å². The lowest BCUT2D eigenvalue weighted by Crippen LogP contribution is -1.96. The van der Waals surface area contributed by atoms with Gasteiger partial charge in [0.1, 0.15) is 11.5 Å². The summed E-state index contributed by atoms with van der Waals surface area (Å²) in [6.07, 6.45) is 0. The van der Waals surface area contributed by atoms with Crippen molar-refractivity contribution >= 4 is 5.69 Å². The zero-order valence-electron chi connectivity index (χ0n) is 10.7. The Balaban J connectivity index is 2.26. The van der Waals surface area contributed by atoms with E-state index in [1.54, 1.807) is 24.3 Å². The molecular formula is C14H12FNO4. The van der Waals surface area contributed by atoms with Gasteiger partial charge in [0, 0.05) is 0 Å². The first-order chi connectivity index (χ1) is 9.61. The minimum absolute atomic E-state index is 0.140. The maximum Gasteiger partial charge on any atom is 0.346 e. The second-order valence-corrected chi connectivity index (χ2v) is 3.85. The average molecular weight is 277 g/mol. The van der Waals surface area contributed by atoms with E-state index in [-0.39, 0.29) is 5.75 Å². The first-order valence-electron chi connectivity index (χ1n) is 5.95. The van der Waals surface area contributed by atoms with Crippen LogP contribution in [0.1, 0.15) is 6.92 Å². The number of para-hydroxylation sites is 1. The van der Waals surface area contributed by atoms with E-state index in [1.807, 2.05) is 6.92 Å². The Morgan fingerprint density at radius 3 is 2.40 bits per heavy atom. The fourth-order valence-electron chi connectivity index (χ4n) is 1.65. The molecule has 2 rings (SSSR count). The number of nitro groups is 1. The second-order valence-electron chi connectivity index (χ2n) is 3.85. The van der Waals surface area contributed by atoms with Gasteiger partial charge in [0.15, 0.2) is 0 Å². The number of rotatable bonds is 5. The van der Waals surface area contributed by atoms with Crippen LogP contribution >= 0.6 is 0 Å². The average Bonchev–Trinajstić information content (AvgIpc) is 2.41. The Hall–Kier alpha value is -2.63. The number of halogens is 1. The maximum atomic E-state index is 13.4. The van der Waals surface area contributed by atoms with Gasteiger partial charge in [-0.1, -0.05) is 6.07 Å². The van der Waals surface area contributed by atoms with Gasteiger partial charge in [-0.15, -0.1) is 0 Å². The predicted octanol–water partition coefficient (Wildman–Crippen LogP) is 3.92. The largest absolute Gasteiger partial charge is 0.494 e. The Labute approximate surface area is 114 Å². The minimum Gasteiger partial charge on any atom is -0.494 e. The lowest BCUT2D eigenvalue weighted by molar-refractivity contribution is -0.388. The molecule has 0 N–H and O–H groups in total. The predicted molar refractivity (Wildman–Crippen MR) is 70.7 cm³/mol. The summed E-state index contributed by atoms with van der Waals surface area (Å²) in [6, 6.07) is 10.3. The number of benzene rings is 2. The Kier molecular flexibility index (Phi) is 4.14. The summed E-state index contributed by atoms with van der Waals surface area (Å²) < 4.78 is 24.0. The smallest absolute Gasteiger partial charge is 0.346 e.